The Morgan fingerprint density at radius 2 is 1.47 bits per heavy atom. The standard InChI is InChI=1S/C12H19NO4/c1-8(13-17-5)9-6-10(14-2)12(16-4)11(7-9)15-3/h6-8,13H,1-5H3. The summed E-state index contributed by atoms with van der Waals surface area (Å²) in [6.07, 6.45) is 0. The topological polar surface area (TPSA) is 49.0 Å². The molecule has 0 radical (unpaired) electrons. The highest BCUT2D eigenvalue weighted by Gasteiger charge is 2.15. The van der Waals surface area contributed by atoms with Crippen LogP contribution in [0.3, 0.4) is 0 Å². The van der Waals surface area contributed by atoms with Crippen molar-refractivity contribution >= 4 is 0 Å². The number of hydrogen-bond donors (Lipinski definition) is 1. The summed E-state index contributed by atoms with van der Waals surface area (Å²) < 4.78 is 15.8. The zero-order valence-electron chi connectivity index (χ0n) is 10.9. The van der Waals surface area contributed by atoms with Gasteiger partial charge in [-0.2, -0.15) is 5.48 Å². The number of rotatable bonds is 6. The van der Waals surface area contributed by atoms with Gasteiger partial charge in [-0.15, -0.1) is 0 Å². The maximum Gasteiger partial charge on any atom is 0.203 e. The summed E-state index contributed by atoms with van der Waals surface area (Å²) in [6, 6.07) is 3.80. The van der Waals surface area contributed by atoms with Gasteiger partial charge >= 0.3 is 0 Å². The van der Waals surface area contributed by atoms with E-state index in [1.165, 1.54) is 0 Å². The van der Waals surface area contributed by atoms with Crippen LogP contribution >= 0.6 is 0 Å². The smallest absolute Gasteiger partial charge is 0.203 e. The molecular formula is C12H19NO4. The zero-order valence-corrected chi connectivity index (χ0v) is 10.9. The number of hydrogen-bond acceptors (Lipinski definition) is 5. The first-order chi connectivity index (χ1) is 8.17. The van der Waals surface area contributed by atoms with Crippen molar-refractivity contribution in [2.45, 2.75) is 13.0 Å². The van der Waals surface area contributed by atoms with Crippen LogP contribution in [-0.2, 0) is 4.84 Å². The minimum atomic E-state index is 0.0220. The molecule has 96 valence electrons. The third-order valence-electron chi connectivity index (χ3n) is 2.48. The molecule has 0 heterocycles. The second kappa shape index (κ2) is 6.32. The average Bonchev–Trinajstić information content (AvgIpc) is 2.37. The number of benzene rings is 1. The quantitative estimate of drug-likeness (QED) is 0.771. The Balaban J connectivity index is 3.17. The third kappa shape index (κ3) is 3.01. The van der Waals surface area contributed by atoms with Gasteiger partial charge in [0.05, 0.1) is 34.5 Å². The summed E-state index contributed by atoms with van der Waals surface area (Å²) in [5.74, 6) is 1.85. The van der Waals surface area contributed by atoms with Gasteiger partial charge in [0.2, 0.25) is 5.75 Å². The zero-order chi connectivity index (χ0) is 12.8. The van der Waals surface area contributed by atoms with Crippen molar-refractivity contribution in [1.29, 1.82) is 0 Å². The lowest BCUT2D eigenvalue weighted by Gasteiger charge is -2.17. The Morgan fingerprint density at radius 1 is 0.941 bits per heavy atom. The molecule has 1 rings (SSSR count). The lowest BCUT2D eigenvalue weighted by molar-refractivity contribution is 0.0657. The molecule has 0 aromatic heterocycles. The molecule has 5 nitrogen and oxygen atoms in total. The van der Waals surface area contributed by atoms with Gasteiger partial charge in [-0.25, -0.2) is 0 Å². The van der Waals surface area contributed by atoms with Crippen LogP contribution in [0.2, 0.25) is 0 Å². The molecule has 1 aromatic carbocycles. The summed E-state index contributed by atoms with van der Waals surface area (Å²) in [6.45, 7) is 1.98. The van der Waals surface area contributed by atoms with Crippen LogP contribution in [0.25, 0.3) is 0 Å². The first-order valence-corrected chi connectivity index (χ1v) is 5.26. The largest absolute Gasteiger partial charge is 0.493 e. The van der Waals surface area contributed by atoms with Gasteiger partial charge in [-0.05, 0) is 24.6 Å². The maximum absolute atomic E-state index is 5.27. The Kier molecular flexibility index (Phi) is 5.06. The number of methoxy groups -OCH3 is 3. The van der Waals surface area contributed by atoms with Crippen molar-refractivity contribution in [2.24, 2.45) is 0 Å². The Morgan fingerprint density at radius 3 is 1.82 bits per heavy atom. The molecule has 1 unspecified atom stereocenters. The predicted octanol–water partition coefficient (Wildman–Crippen LogP) is 1.92. The van der Waals surface area contributed by atoms with E-state index in [9.17, 15) is 0 Å². The van der Waals surface area contributed by atoms with E-state index in [-0.39, 0.29) is 6.04 Å². The SMILES string of the molecule is CONC(C)c1cc(OC)c(OC)c(OC)c1. The third-order valence-corrected chi connectivity index (χ3v) is 2.48. The molecule has 0 aliphatic carbocycles. The van der Waals surface area contributed by atoms with Crippen molar-refractivity contribution in [2.75, 3.05) is 28.4 Å². The van der Waals surface area contributed by atoms with Gasteiger partial charge in [-0.1, -0.05) is 0 Å². The van der Waals surface area contributed by atoms with Gasteiger partial charge in [0.15, 0.2) is 11.5 Å². The second-order valence-corrected chi connectivity index (χ2v) is 3.50. The summed E-state index contributed by atoms with van der Waals surface area (Å²) in [4.78, 5) is 4.90. The summed E-state index contributed by atoms with van der Waals surface area (Å²) in [5, 5.41) is 0. The fourth-order valence-electron chi connectivity index (χ4n) is 1.60. The lowest BCUT2D eigenvalue weighted by Crippen LogP contribution is -2.17. The molecule has 0 aliphatic rings. The average molecular weight is 241 g/mol. The van der Waals surface area contributed by atoms with Gasteiger partial charge < -0.3 is 19.0 Å². The Bertz CT molecular complexity index is 343. The van der Waals surface area contributed by atoms with Crippen LogP contribution in [0, 0.1) is 0 Å². The highest BCUT2D eigenvalue weighted by Crippen LogP contribution is 2.39. The molecule has 1 N–H and O–H groups in total. The van der Waals surface area contributed by atoms with Gasteiger partial charge in [0, 0.05) is 0 Å². The molecule has 1 aromatic rings. The maximum atomic E-state index is 5.27. The van der Waals surface area contributed by atoms with Crippen molar-refractivity contribution < 1.29 is 19.0 Å². The molecule has 0 aliphatic heterocycles. The second-order valence-electron chi connectivity index (χ2n) is 3.50. The van der Waals surface area contributed by atoms with E-state index in [4.69, 9.17) is 19.0 Å². The molecular weight excluding hydrogens is 222 g/mol. The van der Waals surface area contributed by atoms with E-state index < -0.39 is 0 Å². The molecule has 0 spiro atoms. The van der Waals surface area contributed by atoms with Crippen molar-refractivity contribution in [3.8, 4) is 17.2 Å². The van der Waals surface area contributed by atoms with E-state index in [0.717, 1.165) is 5.56 Å². The van der Waals surface area contributed by atoms with Crippen LogP contribution in [0.5, 0.6) is 17.2 Å². The highest BCUT2D eigenvalue weighted by molar-refractivity contribution is 5.54. The monoisotopic (exact) mass is 241 g/mol. The highest BCUT2D eigenvalue weighted by atomic mass is 16.6. The fraction of sp³-hybridized carbons (Fsp3) is 0.500. The number of hydroxylamine groups is 1. The summed E-state index contributed by atoms with van der Waals surface area (Å²) in [7, 11) is 6.34. The van der Waals surface area contributed by atoms with E-state index in [0.29, 0.717) is 17.2 Å². The fourth-order valence-corrected chi connectivity index (χ4v) is 1.60. The molecule has 17 heavy (non-hydrogen) atoms. The first-order valence-electron chi connectivity index (χ1n) is 5.26. The van der Waals surface area contributed by atoms with Gasteiger partial charge in [0.1, 0.15) is 0 Å². The summed E-state index contributed by atoms with van der Waals surface area (Å²) in [5.41, 5.74) is 3.84. The molecule has 0 fully saturated rings. The Labute approximate surface area is 102 Å². The number of ether oxygens (including phenoxy) is 3. The van der Waals surface area contributed by atoms with E-state index >= 15 is 0 Å². The molecule has 1 atom stereocenters. The van der Waals surface area contributed by atoms with Gasteiger partial charge in [-0.3, -0.25) is 0 Å². The lowest BCUT2D eigenvalue weighted by atomic mass is 10.1. The van der Waals surface area contributed by atoms with Crippen molar-refractivity contribution in [3.63, 3.8) is 0 Å². The van der Waals surface area contributed by atoms with Crippen LogP contribution < -0.4 is 19.7 Å². The van der Waals surface area contributed by atoms with Crippen molar-refractivity contribution in [3.05, 3.63) is 17.7 Å². The molecule has 5 heteroatoms. The van der Waals surface area contributed by atoms with Crippen LogP contribution in [-0.4, -0.2) is 28.4 Å². The summed E-state index contributed by atoms with van der Waals surface area (Å²) >= 11 is 0. The predicted molar refractivity (Wildman–Crippen MR) is 64.7 cm³/mol. The van der Waals surface area contributed by atoms with E-state index in [1.54, 1.807) is 28.4 Å². The first kappa shape index (κ1) is 13.6. The molecule has 0 amide bonds. The van der Waals surface area contributed by atoms with Crippen LogP contribution in [0.4, 0.5) is 0 Å². The normalized spacial score (nSPS) is 12.1. The van der Waals surface area contributed by atoms with E-state index in [2.05, 4.69) is 5.48 Å². The van der Waals surface area contributed by atoms with Crippen LogP contribution in [0.1, 0.15) is 18.5 Å². The molecule has 0 saturated carbocycles. The van der Waals surface area contributed by atoms with E-state index in [1.807, 2.05) is 19.1 Å². The van der Waals surface area contributed by atoms with Crippen LogP contribution in [0.15, 0.2) is 12.1 Å². The Hall–Kier alpha value is -1.46. The van der Waals surface area contributed by atoms with Crippen molar-refractivity contribution in [1.82, 2.24) is 5.48 Å². The minimum absolute atomic E-state index is 0.0220. The molecule has 0 bridgehead atoms. The molecule has 0 saturated heterocycles. The van der Waals surface area contributed by atoms with Gasteiger partial charge in [0.25, 0.3) is 0 Å². The minimum Gasteiger partial charge on any atom is -0.493 e. The number of nitrogens with one attached hydrogen (secondary N) is 1.